The topological polar surface area (TPSA) is 12.0 Å². The number of hydrogen-bond acceptors (Lipinski definition) is 1. The zero-order valence-electron chi connectivity index (χ0n) is 8.79. The summed E-state index contributed by atoms with van der Waals surface area (Å²) in [4.78, 5) is 0. The van der Waals surface area contributed by atoms with Crippen LogP contribution in [-0.4, -0.2) is 12.1 Å². The van der Waals surface area contributed by atoms with E-state index in [0.29, 0.717) is 6.04 Å². The van der Waals surface area contributed by atoms with E-state index >= 15 is 0 Å². The summed E-state index contributed by atoms with van der Waals surface area (Å²) in [5, 5.41) is 3.81. The van der Waals surface area contributed by atoms with Crippen molar-refractivity contribution >= 4 is 0 Å². The van der Waals surface area contributed by atoms with Gasteiger partial charge < -0.3 is 5.32 Å². The Labute approximate surface area is 81.6 Å². The van der Waals surface area contributed by atoms with Crippen LogP contribution in [0.4, 0.5) is 0 Å². The van der Waals surface area contributed by atoms with E-state index < -0.39 is 0 Å². The van der Waals surface area contributed by atoms with Gasteiger partial charge in [0.15, 0.2) is 0 Å². The van der Waals surface area contributed by atoms with Crippen molar-refractivity contribution in [2.45, 2.75) is 51.6 Å². The van der Waals surface area contributed by atoms with Gasteiger partial charge in [-0.15, -0.1) is 0 Å². The third-order valence-electron chi connectivity index (χ3n) is 3.37. The van der Waals surface area contributed by atoms with Gasteiger partial charge in [-0.2, -0.15) is 0 Å². The fraction of sp³-hybridized carbons (Fsp3) is 0.833. The monoisotopic (exact) mass is 179 g/mol. The van der Waals surface area contributed by atoms with Gasteiger partial charge in [-0.1, -0.05) is 26.0 Å². The van der Waals surface area contributed by atoms with Gasteiger partial charge in [-0.05, 0) is 37.5 Å². The molecular weight excluding hydrogens is 158 g/mol. The quantitative estimate of drug-likeness (QED) is 0.643. The second-order valence-electron chi connectivity index (χ2n) is 4.90. The highest BCUT2D eigenvalue weighted by molar-refractivity contribution is 5.00. The Morgan fingerprint density at radius 3 is 2.46 bits per heavy atom. The summed E-state index contributed by atoms with van der Waals surface area (Å²) >= 11 is 0. The van der Waals surface area contributed by atoms with Gasteiger partial charge in [0.05, 0.1) is 0 Å². The first kappa shape index (κ1) is 9.26. The van der Waals surface area contributed by atoms with Gasteiger partial charge in [0.1, 0.15) is 0 Å². The van der Waals surface area contributed by atoms with Crippen molar-refractivity contribution in [2.24, 2.45) is 11.8 Å². The van der Waals surface area contributed by atoms with Crippen LogP contribution in [0.5, 0.6) is 0 Å². The Kier molecular flexibility index (Phi) is 2.73. The third kappa shape index (κ3) is 2.34. The lowest BCUT2D eigenvalue weighted by Crippen LogP contribution is -2.41. The van der Waals surface area contributed by atoms with Crippen LogP contribution >= 0.6 is 0 Å². The van der Waals surface area contributed by atoms with Crippen LogP contribution in [0.3, 0.4) is 0 Å². The molecule has 0 aromatic carbocycles. The second kappa shape index (κ2) is 3.83. The highest BCUT2D eigenvalue weighted by Gasteiger charge is 2.32. The molecule has 0 spiro atoms. The summed E-state index contributed by atoms with van der Waals surface area (Å²) < 4.78 is 0. The van der Waals surface area contributed by atoms with Crippen LogP contribution < -0.4 is 5.32 Å². The molecule has 13 heavy (non-hydrogen) atoms. The van der Waals surface area contributed by atoms with Crippen molar-refractivity contribution in [1.29, 1.82) is 0 Å². The Bertz CT molecular complexity index is 179. The maximum atomic E-state index is 3.81. The molecule has 0 saturated heterocycles. The molecule has 1 nitrogen and oxygen atoms in total. The van der Waals surface area contributed by atoms with Crippen LogP contribution in [0.1, 0.15) is 39.5 Å². The predicted octanol–water partition coefficient (Wildman–Crippen LogP) is 2.73. The van der Waals surface area contributed by atoms with E-state index in [0.717, 1.165) is 17.9 Å². The molecule has 2 atom stereocenters. The van der Waals surface area contributed by atoms with E-state index in [-0.39, 0.29) is 0 Å². The minimum Gasteiger partial charge on any atom is -0.310 e. The fourth-order valence-corrected chi connectivity index (χ4v) is 2.19. The number of rotatable bonds is 2. The zero-order valence-corrected chi connectivity index (χ0v) is 8.79. The van der Waals surface area contributed by atoms with Gasteiger partial charge in [0, 0.05) is 12.1 Å². The minimum absolute atomic E-state index is 0.712. The van der Waals surface area contributed by atoms with E-state index in [4.69, 9.17) is 0 Å². The molecule has 2 aliphatic rings. The van der Waals surface area contributed by atoms with Crippen molar-refractivity contribution in [3.8, 4) is 0 Å². The Morgan fingerprint density at radius 2 is 1.85 bits per heavy atom. The van der Waals surface area contributed by atoms with Crippen LogP contribution in [0.2, 0.25) is 0 Å². The van der Waals surface area contributed by atoms with E-state index in [2.05, 4.69) is 31.3 Å². The highest BCUT2D eigenvalue weighted by Crippen LogP contribution is 2.35. The molecule has 0 bridgehead atoms. The molecule has 1 heteroatoms. The first-order valence-electron chi connectivity index (χ1n) is 5.68. The smallest absolute Gasteiger partial charge is 0.0133 e. The van der Waals surface area contributed by atoms with E-state index in [1.807, 2.05) is 0 Å². The summed E-state index contributed by atoms with van der Waals surface area (Å²) in [7, 11) is 0. The molecule has 0 radical (unpaired) electrons. The van der Waals surface area contributed by atoms with Crippen LogP contribution in [0.15, 0.2) is 12.2 Å². The molecule has 1 saturated carbocycles. The standard InChI is InChI=1S/C12H21N/c1-9(2)11-5-3-4-6-12(13-11)10-7-8-10/h3-4,9-13H,5-8H2,1-2H3/t11-,12+/m1/s1. The molecule has 2 rings (SSSR count). The van der Waals surface area contributed by atoms with Gasteiger partial charge in [0.25, 0.3) is 0 Å². The van der Waals surface area contributed by atoms with Crippen molar-refractivity contribution in [2.75, 3.05) is 0 Å². The fourth-order valence-electron chi connectivity index (χ4n) is 2.19. The number of nitrogens with one attached hydrogen (secondary N) is 1. The molecule has 1 fully saturated rings. The second-order valence-corrected chi connectivity index (χ2v) is 4.90. The Hall–Kier alpha value is -0.300. The molecule has 0 aromatic heterocycles. The molecule has 1 aliphatic carbocycles. The average Bonchev–Trinajstić information content (AvgIpc) is 2.91. The van der Waals surface area contributed by atoms with Gasteiger partial charge in [-0.3, -0.25) is 0 Å². The maximum Gasteiger partial charge on any atom is 0.0133 e. The van der Waals surface area contributed by atoms with E-state index in [9.17, 15) is 0 Å². The Balaban J connectivity index is 1.94. The maximum absolute atomic E-state index is 3.81. The summed E-state index contributed by atoms with van der Waals surface area (Å²) in [6, 6.07) is 1.50. The molecule has 1 N–H and O–H groups in total. The van der Waals surface area contributed by atoms with Crippen molar-refractivity contribution in [3.63, 3.8) is 0 Å². The molecule has 74 valence electrons. The summed E-state index contributed by atoms with van der Waals surface area (Å²) in [6.07, 6.45) is 10.1. The molecule has 0 unspecified atom stereocenters. The van der Waals surface area contributed by atoms with Crippen molar-refractivity contribution in [3.05, 3.63) is 12.2 Å². The molecule has 0 amide bonds. The predicted molar refractivity (Wildman–Crippen MR) is 56.6 cm³/mol. The summed E-state index contributed by atoms with van der Waals surface area (Å²) in [5.74, 6) is 1.76. The highest BCUT2D eigenvalue weighted by atomic mass is 15.0. The zero-order chi connectivity index (χ0) is 9.26. The van der Waals surface area contributed by atoms with Crippen molar-refractivity contribution in [1.82, 2.24) is 5.32 Å². The molecule has 1 aliphatic heterocycles. The largest absolute Gasteiger partial charge is 0.310 e. The van der Waals surface area contributed by atoms with Gasteiger partial charge >= 0.3 is 0 Å². The summed E-state index contributed by atoms with van der Waals surface area (Å²) in [5.41, 5.74) is 0. The average molecular weight is 179 g/mol. The lowest BCUT2D eigenvalue weighted by atomic mass is 10.0. The summed E-state index contributed by atoms with van der Waals surface area (Å²) in [6.45, 7) is 4.64. The molecule has 0 aromatic rings. The molecule has 1 heterocycles. The lowest BCUT2D eigenvalue weighted by molar-refractivity contribution is 0.340. The third-order valence-corrected chi connectivity index (χ3v) is 3.37. The van der Waals surface area contributed by atoms with Crippen molar-refractivity contribution < 1.29 is 0 Å². The van der Waals surface area contributed by atoms with E-state index in [1.165, 1.54) is 25.7 Å². The lowest BCUT2D eigenvalue weighted by Gasteiger charge is -2.25. The Morgan fingerprint density at radius 1 is 1.15 bits per heavy atom. The first-order valence-corrected chi connectivity index (χ1v) is 5.68. The molecular formula is C12H21N. The SMILES string of the molecule is CC(C)[C@H]1CC=CC[C@@H](C2CC2)N1. The van der Waals surface area contributed by atoms with Gasteiger partial charge in [0.2, 0.25) is 0 Å². The van der Waals surface area contributed by atoms with Crippen LogP contribution in [0, 0.1) is 11.8 Å². The van der Waals surface area contributed by atoms with Gasteiger partial charge in [-0.25, -0.2) is 0 Å². The normalized spacial score (nSPS) is 35.0. The first-order chi connectivity index (χ1) is 6.27. The van der Waals surface area contributed by atoms with E-state index in [1.54, 1.807) is 0 Å². The van der Waals surface area contributed by atoms with Crippen LogP contribution in [-0.2, 0) is 0 Å². The van der Waals surface area contributed by atoms with Crippen LogP contribution in [0.25, 0.3) is 0 Å². The number of hydrogen-bond donors (Lipinski definition) is 1. The minimum atomic E-state index is 0.712.